The van der Waals surface area contributed by atoms with Crippen molar-refractivity contribution in [1.29, 1.82) is 0 Å². The molecule has 7 nitrogen and oxygen atoms in total. The van der Waals surface area contributed by atoms with Crippen molar-refractivity contribution in [2.24, 2.45) is 0 Å². The zero-order chi connectivity index (χ0) is 24.2. The van der Waals surface area contributed by atoms with E-state index >= 15 is 0 Å². The molecule has 2 aromatic carbocycles. The third-order valence-electron chi connectivity index (χ3n) is 7.05. The van der Waals surface area contributed by atoms with Crippen LogP contribution in [0.1, 0.15) is 34.0 Å². The van der Waals surface area contributed by atoms with Gasteiger partial charge in [-0.25, -0.2) is 0 Å². The van der Waals surface area contributed by atoms with Crippen molar-refractivity contribution >= 4 is 11.8 Å². The van der Waals surface area contributed by atoms with Gasteiger partial charge < -0.3 is 4.74 Å². The van der Waals surface area contributed by atoms with E-state index in [4.69, 9.17) is 9.72 Å². The Kier molecular flexibility index (Phi) is 6.88. The second-order valence-electron chi connectivity index (χ2n) is 9.07. The molecule has 1 aromatic heterocycles. The molecule has 0 bridgehead atoms. The molecular formula is C28H30N4O3. The van der Waals surface area contributed by atoms with E-state index in [-0.39, 0.29) is 17.5 Å². The normalized spacial score (nSPS) is 18.6. The first kappa shape index (κ1) is 23.2. The van der Waals surface area contributed by atoms with Gasteiger partial charge in [0, 0.05) is 50.7 Å². The Balaban J connectivity index is 1.26. The maximum Gasteiger partial charge on any atom is 0.311 e. The first-order valence-electron chi connectivity index (χ1n) is 12.1. The highest BCUT2D eigenvalue weighted by Crippen LogP contribution is 2.36. The maximum absolute atomic E-state index is 11.3. The highest BCUT2D eigenvalue weighted by Gasteiger charge is 2.31. The van der Waals surface area contributed by atoms with Gasteiger partial charge in [-0.2, -0.15) is 0 Å². The molecule has 1 atom stereocenters. The molecule has 0 radical (unpaired) electrons. The molecule has 5 rings (SSSR count). The fourth-order valence-corrected chi connectivity index (χ4v) is 5.25. The number of nitro groups is 1. The zero-order valence-corrected chi connectivity index (χ0v) is 20.0. The molecule has 1 aliphatic carbocycles. The summed E-state index contributed by atoms with van der Waals surface area (Å²) in [6, 6.07) is 18.4. The van der Waals surface area contributed by atoms with Gasteiger partial charge in [0.2, 0.25) is 0 Å². The molecule has 0 spiro atoms. The molecule has 2 heterocycles. The van der Waals surface area contributed by atoms with E-state index < -0.39 is 4.92 Å². The molecule has 180 valence electrons. The van der Waals surface area contributed by atoms with Crippen molar-refractivity contribution in [3.05, 3.63) is 105 Å². The number of aromatic nitrogens is 1. The lowest BCUT2D eigenvalue weighted by Crippen LogP contribution is -2.47. The topological polar surface area (TPSA) is 71.7 Å². The van der Waals surface area contributed by atoms with Crippen LogP contribution < -0.4 is 4.74 Å². The van der Waals surface area contributed by atoms with E-state index in [0.29, 0.717) is 0 Å². The number of pyridine rings is 1. The van der Waals surface area contributed by atoms with Gasteiger partial charge in [0.1, 0.15) is 0 Å². The van der Waals surface area contributed by atoms with E-state index in [1.165, 1.54) is 29.5 Å². The lowest BCUT2D eigenvalue weighted by molar-refractivity contribution is -0.385. The summed E-state index contributed by atoms with van der Waals surface area (Å²) in [5.74, 6) is 0.278. The van der Waals surface area contributed by atoms with Crippen LogP contribution in [0, 0.1) is 10.1 Å². The van der Waals surface area contributed by atoms with E-state index in [1.54, 1.807) is 12.1 Å². The Bertz CT molecular complexity index is 1190. The largest absolute Gasteiger partial charge is 0.490 e. The first-order chi connectivity index (χ1) is 17.1. The van der Waals surface area contributed by atoms with Crippen LogP contribution in [0.15, 0.2) is 66.9 Å². The van der Waals surface area contributed by atoms with E-state index in [0.717, 1.165) is 51.1 Å². The van der Waals surface area contributed by atoms with Crippen molar-refractivity contribution in [3.63, 3.8) is 0 Å². The minimum Gasteiger partial charge on any atom is -0.490 e. The van der Waals surface area contributed by atoms with Gasteiger partial charge in [-0.3, -0.25) is 24.9 Å². The van der Waals surface area contributed by atoms with Crippen LogP contribution in [0.2, 0.25) is 0 Å². The van der Waals surface area contributed by atoms with Crippen LogP contribution in [-0.4, -0.2) is 59.5 Å². The fourth-order valence-electron chi connectivity index (χ4n) is 5.25. The van der Waals surface area contributed by atoms with Crippen LogP contribution in [0.25, 0.3) is 6.08 Å². The zero-order valence-electron chi connectivity index (χ0n) is 20.0. The monoisotopic (exact) mass is 470 g/mol. The Labute approximate surface area is 205 Å². The third-order valence-corrected chi connectivity index (χ3v) is 7.05. The summed E-state index contributed by atoms with van der Waals surface area (Å²) < 4.78 is 5.09. The average molecular weight is 471 g/mol. The highest BCUT2D eigenvalue weighted by atomic mass is 16.6. The maximum atomic E-state index is 11.3. The number of benzene rings is 2. The second-order valence-corrected chi connectivity index (χ2v) is 9.07. The summed E-state index contributed by atoms with van der Waals surface area (Å²) in [6.07, 6.45) is 7.96. The quantitative estimate of drug-likeness (QED) is 0.390. The van der Waals surface area contributed by atoms with Crippen molar-refractivity contribution < 1.29 is 9.66 Å². The summed E-state index contributed by atoms with van der Waals surface area (Å²) in [6.45, 7) is 4.72. The number of ether oxygens (including phenoxy) is 1. The number of rotatable bonds is 6. The number of piperazine rings is 1. The van der Waals surface area contributed by atoms with E-state index in [9.17, 15) is 10.1 Å². The molecule has 7 heteroatoms. The second kappa shape index (κ2) is 10.4. The predicted molar refractivity (Wildman–Crippen MR) is 137 cm³/mol. The number of hydrogen-bond acceptors (Lipinski definition) is 6. The van der Waals surface area contributed by atoms with E-state index in [2.05, 4.69) is 52.3 Å². The SMILES string of the molecule is COc1ccc(C=CCN2CCN(C3c4ccccc4CCc4ncccc43)CC2)cc1[N+](=O)[O-]. The summed E-state index contributed by atoms with van der Waals surface area (Å²) in [7, 11) is 1.44. The summed E-state index contributed by atoms with van der Waals surface area (Å²) in [4.78, 5) is 20.6. The van der Waals surface area contributed by atoms with Gasteiger partial charge in [0.25, 0.3) is 0 Å². The average Bonchev–Trinajstić information content (AvgIpc) is 3.06. The minimum atomic E-state index is -0.408. The lowest BCUT2D eigenvalue weighted by Gasteiger charge is -2.39. The molecular weight excluding hydrogens is 440 g/mol. The first-order valence-corrected chi connectivity index (χ1v) is 12.1. The van der Waals surface area contributed by atoms with Crippen molar-refractivity contribution in [1.82, 2.24) is 14.8 Å². The number of aryl methyl sites for hydroxylation is 2. The standard InChI is InChI=1S/C28H30N4O3/c1-35-27-13-10-21(20-26(27)32(33)34)6-5-15-30-16-18-31(19-17-30)28-23-8-3-2-7-22(23)11-12-25-24(28)9-4-14-29-25/h2-10,13-14,20,28H,11-12,15-19H2,1H3. The Morgan fingerprint density at radius 3 is 2.66 bits per heavy atom. The summed E-state index contributed by atoms with van der Waals surface area (Å²) >= 11 is 0. The Morgan fingerprint density at radius 2 is 1.86 bits per heavy atom. The Morgan fingerprint density at radius 1 is 1.06 bits per heavy atom. The van der Waals surface area contributed by atoms with Gasteiger partial charge in [0.15, 0.2) is 5.75 Å². The van der Waals surface area contributed by atoms with Crippen LogP contribution in [0.5, 0.6) is 5.75 Å². The minimum absolute atomic E-state index is 0.0123. The van der Waals surface area contributed by atoms with Gasteiger partial charge in [-0.15, -0.1) is 0 Å². The summed E-state index contributed by atoms with van der Waals surface area (Å²) in [5.41, 5.74) is 6.18. The number of nitrogens with zero attached hydrogens (tertiary/aromatic N) is 4. The molecule has 2 aliphatic rings. The van der Waals surface area contributed by atoms with Gasteiger partial charge in [-0.1, -0.05) is 48.6 Å². The highest BCUT2D eigenvalue weighted by molar-refractivity contribution is 5.58. The molecule has 0 amide bonds. The van der Waals surface area contributed by atoms with Crippen molar-refractivity contribution in [2.45, 2.75) is 18.9 Å². The van der Waals surface area contributed by atoms with Gasteiger partial charge in [0.05, 0.1) is 18.1 Å². The van der Waals surface area contributed by atoms with E-state index in [1.807, 2.05) is 18.3 Å². The smallest absolute Gasteiger partial charge is 0.311 e. The van der Waals surface area contributed by atoms with Crippen molar-refractivity contribution in [3.8, 4) is 5.75 Å². The van der Waals surface area contributed by atoms with Gasteiger partial charge >= 0.3 is 5.69 Å². The van der Waals surface area contributed by atoms with Gasteiger partial charge in [-0.05, 0) is 47.2 Å². The molecule has 35 heavy (non-hydrogen) atoms. The molecule has 0 N–H and O–H groups in total. The van der Waals surface area contributed by atoms with Crippen LogP contribution >= 0.6 is 0 Å². The van der Waals surface area contributed by atoms with Crippen LogP contribution in [-0.2, 0) is 12.8 Å². The number of hydrogen-bond donors (Lipinski definition) is 0. The third kappa shape index (κ3) is 4.97. The van der Waals surface area contributed by atoms with Crippen LogP contribution in [0.3, 0.4) is 0 Å². The predicted octanol–water partition coefficient (Wildman–Crippen LogP) is 4.52. The molecule has 1 saturated heterocycles. The summed E-state index contributed by atoms with van der Waals surface area (Å²) in [5, 5.41) is 11.3. The Hall–Kier alpha value is -3.55. The number of methoxy groups -OCH3 is 1. The molecule has 1 fully saturated rings. The number of nitro benzene ring substituents is 1. The molecule has 0 saturated carbocycles. The molecule has 1 unspecified atom stereocenters. The van der Waals surface area contributed by atoms with Crippen LogP contribution in [0.4, 0.5) is 5.69 Å². The fraction of sp³-hybridized carbons (Fsp3) is 0.321. The molecule has 3 aromatic rings. The number of fused-ring (bicyclic) bond motifs is 2. The van der Waals surface area contributed by atoms with Crippen molar-refractivity contribution in [2.75, 3.05) is 39.8 Å². The molecule has 1 aliphatic heterocycles. The lowest BCUT2D eigenvalue weighted by atomic mass is 9.94.